The number of hydrogen-bond acceptors (Lipinski definition) is 1. The standard InChI is InChI=1S/C23H35F3O2/c1-21-9-4-3-5-16(21)12-23(25,26)19-17-7-6-15(11-14(13-24)20(27)28)22(17,2)10-8-18(19)21/h14-19H,3-13H2,1-2H3,(H,27,28). The molecule has 0 heterocycles. The van der Waals surface area contributed by atoms with Crippen LogP contribution in [0, 0.1) is 46.3 Å². The molecule has 4 rings (SSSR count). The molecule has 0 aromatic rings. The summed E-state index contributed by atoms with van der Waals surface area (Å²) >= 11 is 0. The number of fused-ring (bicyclic) bond motifs is 5. The van der Waals surface area contributed by atoms with Crippen molar-refractivity contribution in [1.82, 2.24) is 0 Å². The Labute approximate surface area is 166 Å². The second kappa shape index (κ2) is 6.91. The highest BCUT2D eigenvalue weighted by Gasteiger charge is 2.67. The van der Waals surface area contributed by atoms with Gasteiger partial charge in [0.2, 0.25) is 0 Å². The van der Waals surface area contributed by atoms with E-state index in [1.807, 2.05) is 0 Å². The molecule has 0 saturated heterocycles. The van der Waals surface area contributed by atoms with Crippen molar-refractivity contribution >= 4 is 5.97 Å². The van der Waals surface area contributed by atoms with Gasteiger partial charge in [-0.2, -0.15) is 0 Å². The lowest BCUT2D eigenvalue weighted by Gasteiger charge is -2.62. The van der Waals surface area contributed by atoms with Gasteiger partial charge in [0.05, 0.1) is 5.92 Å². The number of carboxylic acid groups (broad SMARTS) is 1. The molecular weight excluding hydrogens is 365 g/mol. The molecule has 0 aromatic carbocycles. The predicted molar refractivity (Wildman–Crippen MR) is 102 cm³/mol. The van der Waals surface area contributed by atoms with Crippen LogP contribution in [-0.4, -0.2) is 23.7 Å². The Morgan fingerprint density at radius 3 is 2.43 bits per heavy atom. The molecule has 0 amide bonds. The molecule has 8 unspecified atom stereocenters. The Hall–Kier alpha value is -0.740. The number of carbonyl (C=O) groups is 1. The van der Waals surface area contributed by atoms with E-state index in [-0.39, 0.29) is 40.9 Å². The van der Waals surface area contributed by atoms with Crippen molar-refractivity contribution in [2.45, 2.75) is 84.0 Å². The summed E-state index contributed by atoms with van der Waals surface area (Å²) in [5.74, 6) is -5.09. The van der Waals surface area contributed by atoms with E-state index in [1.165, 1.54) is 0 Å². The van der Waals surface area contributed by atoms with Gasteiger partial charge in [-0.3, -0.25) is 9.18 Å². The van der Waals surface area contributed by atoms with Gasteiger partial charge in [0.15, 0.2) is 0 Å². The minimum absolute atomic E-state index is 0.0319. The molecule has 4 fully saturated rings. The Morgan fingerprint density at radius 2 is 1.75 bits per heavy atom. The average molecular weight is 401 g/mol. The minimum Gasteiger partial charge on any atom is -0.481 e. The molecule has 2 nitrogen and oxygen atoms in total. The predicted octanol–water partition coefficient (Wildman–Crippen LogP) is 6.34. The van der Waals surface area contributed by atoms with Gasteiger partial charge in [0.1, 0.15) is 6.67 Å². The van der Waals surface area contributed by atoms with Crippen LogP contribution >= 0.6 is 0 Å². The first-order valence-electron chi connectivity index (χ1n) is 11.3. The van der Waals surface area contributed by atoms with Crippen molar-refractivity contribution in [1.29, 1.82) is 0 Å². The molecule has 0 bridgehead atoms. The highest BCUT2D eigenvalue weighted by molar-refractivity contribution is 5.70. The van der Waals surface area contributed by atoms with E-state index in [9.17, 15) is 14.3 Å². The molecule has 28 heavy (non-hydrogen) atoms. The Kier molecular flexibility index (Phi) is 5.06. The third kappa shape index (κ3) is 2.93. The maximum Gasteiger partial charge on any atom is 0.309 e. The molecule has 0 spiro atoms. The summed E-state index contributed by atoms with van der Waals surface area (Å²) in [5.41, 5.74) is -0.238. The van der Waals surface area contributed by atoms with Crippen LogP contribution in [0.2, 0.25) is 0 Å². The number of alkyl halides is 3. The topological polar surface area (TPSA) is 37.3 Å². The van der Waals surface area contributed by atoms with E-state index in [4.69, 9.17) is 0 Å². The molecule has 0 aliphatic heterocycles. The quantitative estimate of drug-likeness (QED) is 0.598. The van der Waals surface area contributed by atoms with Crippen LogP contribution in [-0.2, 0) is 4.79 Å². The van der Waals surface area contributed by atoms with E-state index in [0.29, 0.717) is 6.42 Å². The molecule has 1 N–H and O–H groups in total. The summed E-state index contributed by atoms with van der Waals surface area (Å²) in [7, 11) is 0. The van der Waals surface area contributed by atoms with E-state index in [0.717, 1.165) is 51.4 Å². The normalized spacial score (nSPS) is 48.2. The van der Waals surface area contributed by atoms with Crippen LogP contribution in [0.3, 0.4) is 0 Å². The highest BCUT2D eigenvalue weighted by atomic mass is 19.3. The van der Waals surface area contributed by atoms with E-state index in [2.05, 4.69) is 13.8 Å². The first kappa shape index (κ1) is 20.5. The zero-order valence-electron chi connectivity index (χ0n) is 17.2. The molecule has 4 saturated carbocycles. The van der Waals surface area contributed by atoms with Crippen LogP contribution in [0.15, 0.2) is 0 Å². The van der Waals surface area contributed by atoms with Crippen LogP contribution < -0.4 is 0 Å². The number of hydrogen-bond donors (Lipinski definition) is 1. The second-order valence-corrected chi connectivity index (χ2v) is 10.9. The van der Waals surface area contributed by atoms with Crippen molar-refractivity contribution in [2.75, 3.05) is 6.67 Å². The van der Waals surface area contributed by atoms with Crippen molar-refractivity contribution < 1.29 is 23.1 Å². The molecule has 160 valence electrons. The Bertz CT molecular complexity index is 623. The summed E-state index contributed by atoms with van der Waals surface area (Å²) in [6, 6.07) is 0. The summed E-state index contributed by atoms with van der Waals surface area (Å²) in [6.45, 7) is 3.52. The number of carboxylic acids is 1. The van der Waals surface area contributed by atoms with Gasteiger partial charge < -0.3 is 5.11 Å². The lowest BCUT2D eigenvalue weighted by molar-refractivity contribution is -0.232. The molecule has 4 aliphatic rings. The highest BCUT2D eigenvalue weighted by Crippen LogP contribution is 2.70. The molecular formula is C23H35F3O2. The maximum absolute atomic E-state index is 15.5. The molecule has 4 aliphatic carbocycles. The molecule has 8 atom stereocenters. The lowest BCUT2D eigenvalue weighted by Crippen LogP contribution is -2.60. The van der Waals surface area contributed by atoms with Crippen LogP contribution in [0.1, 0.15) is 78.1 Å². The first-order chi connectivity index (χ1) is 13.1. The fourth-order valence-electron chi connectivity index (χ4n) is 8.26. The summed E-state index contributed by atoms with van der Waals surface area (Å²) in [4.78, 5) is 11.4. The second-order valence-electron chi connectivity index (χ2n) is 10.9. The third-order valence-electron chi connectivity index (χ3n) is 9.88. The molecule has 0 aromatic heterocycles. The van der Waals surface area contributed by atoms with Gasteiger partial charge >= 0.3 is 5.97 Å². The number of rotatable bonds is 4. The molecule has 0 radical (unpaired) electrons. The van der Waals surface area contributed by atoms with Crippen LogP contribution in [0.25, 0.3) is 0 Å². The van der Waals surface area contributed by atoms with Crippen LogP contribution in [0.4, 0.5) is 13.2 Å². The molecule has 5 heteroatoms. The van der Waals surface area contributed by atoms with Crippen molar-refractivity contribution in [3.63, 3.8) is 0 Å². The van der Waals surface area contributed by atoms with Gasteiger partial charge in [0.25, 0.3) is 5.92 Å². The van der Waals surface area contributed by atoms with E-state index < -0.39 is 30.4 Å². The van der Waals surface area contributed by atoms with Gasteiger partial charge in [0, 0.05) is 12.3 Å². The summed E-state index contributed by atoms with van der Waals surface area (Å²) in [6.07, 6.45) is 7.80. The summed E-state index contributed by atoms with van der Waals surface area (Å²) in [5, 5.41) is 9.29. The summed E-state index contributed by atoms with van der Waals surface area (Å²) < 4.78 is 44.3. The van der Waals surface area contributed by atoms with E-state index in [1.54, 1.807) is 0 Å². The number of aliphatic carboxylic acids is 1. The zero-order chi connectivity index (χ0) is 20.3. The fourth-order valence-corrected chi connectivity index (χ4v) is 8.26. The zero-order valence-corrected chi connectivity index (χ0v) is 17.2. The third-order valence-corrected chi connectivity index (χ3v) is 9.88. The van der Waals surface area contributed by atoms with Gasteiger partial charge in [-0.05, 0) is 79.4 Å². The van der Waals surface area contributed by atoms with Crippen molar-refractivity contribution in [2.24, 2.45) is 46.3 Å². The monoisotopic (exact) mass is 400 g/mol. The van der Waals surface area contributed by atoms with Gasteiger partial charge in [-0.1, -0.05) is 26.7 Å². The Morgan fingerprint density at radius 1 is 1.04 bits per heavy atom. The minimum atomic E-state index is -2.63. The Balaban J connectivity index is 1.62. The number of halogens is 3. The maximum atomic E-state index is 15.5. The van der Waals surface area contributed by atoms with Crippen molar-refractivity contribution in [3.05, 3.63) is 0 Å². The fraction of sp³-hybridized carbons (Fsp3) is 0.957. The van der Waals surface area contributed by atoms with Gasteiger partial charge in [-0.25, -0.2) is 8.78 Å². The van der Waals surface area contributed by atoms with Gasteiger partial charge in [-0.15, -0.1) is 0 Å². The van der Waals surface area contributed by atoms with Crippen LogP contribution in [0.5, 0.6) is 0 Å². The smallest absolute Gasteiger partial charge is 0.309 e. The van der Waals surface area contributed by atoms with E-state index >= 15 is 8.78 Å². The van der Waals surface area contributed by atoms with Crippen molar-refractivity contribution in [3.8, 4) is 0 Å². The first-order valence-corrected chi connectivity index (χ1v) is 11.3. The lowest BCUT2D eigenvalue weighted by atomic mass is 9.44. The largest absolute Gasteiger partial charge is 0.481 e. The SMILES string of the molecule is CC12CCC3C(C1CCC2CC(CF)C(=O)O)C(F)(F)CC1CCCCC13C. The average Bonchev–Trinajstić information content (AvgIpc) is 2.95.